The van der Waals surface area contributed by atoms with Crippen molar-refractivity contribution in [2.24, 2.45) is 5.92 Å². The van der Waals surface area contributed by atoms with E-state index in [1.165, 1.54) is 62.8 Å². The Hall–Kier alpha value is -2.21. The number of piperidine rings is 2. The van der Waals surface area contributed by atoms with E-state index in [0.29, 0.717) is 0 Å². The second-order valence-corrected chi connectivity index (χ2v) is 9.79. The van der Waals surface area contributed by atoms with Crippen LogP contribution in [0.25, 0.3) is 11.0 Å². The molecule has 0 radical (unpaired) electrons. The molecule has 0 unspecified atom stereocenters. The molecule has 5 nitrogen and oxygen atoms in total. The molecule has 0 amide bonds. The Bertz CT molecular complexity index is 938. The predicted octanol–water partition coefficient (Wildman–Crippen LogP) is 4.64. The number of hydrogen-bond acceptors (Lipinski definition) is 5. The van der Waals surface area contributed by atoms with E-state index in [1.54, 1.807) is 0 Å². The molecule has 32 heavy (non-hydrogen) atoms. The number of pyridine rings is 1. The third kappa shape index (κ3) is 5.40. The van der Waals surface area contributed by atoms with Crippen molar-refractivity contribution in [1.29, 1.82) is 0 Å². The smallest absolute Gasteiger partial charge is 0.134 e. The van der Waals surface area contributed by atoms with E-state index < -0.39 is 0 Å². The molecular formula is C27H36N4O. The quantitative estimate of drug-likeness (QED) is 0.544. The Balaban J connectivity index is 1.22. The zero-order valence-electron chi connectivity index (χ0n) is 19.3. The summed E-state index contributed by atoms with van der Waals surface area (Å²) >= 11 is 0. The largest absolute Gasteiger partial charge is 0.460 e. The van der Waals surface area contributed by atoms with Crippen LogP contribution in [0.4, 0.5) is 0 Å². The molecule has 2 aliphatic heterocycles. The minimum absolute atomic E-state index is 0.753. The van der Waals surface area contributed by atoms with Gasteiger partial charge in [0.25, 0.3) is 0 Å². The number of likely N-dealkylation sites (tertiary alicyclic amines) is 2. The molecule has 4 heterocycles. The molecule has 0 N–H and O–H groups in total. The molecule has 5 rings (SSSR count). The molecule has 0 atom stereocenters. The van der Waals surface area contributed by atoms with Gasteiger partial charge < -0.3 is 14.2 Å². The van der Waals surface area contributed by atoms with E-state index in [4.69, 9.17) is 4.42 Å². The molecule has 0 aliphatic carbocycles. The highest BCUT2D eigenvalue weighted by atomic mass is 16.3. The van der Waals surface area contributed by atoms with Crippen LogP contribution < -0.4 is 0 Å². The van der Waals surface area contributed by atoms with Crippen LogP contribution in [0.3, 0.4) is 0 Å². The van der Waals surface area contributed by atoms with E-state index >= 15 is 0 Å². The van der Waals surface area contributed by atoms with Crippen molar-refractivity contribution in [2.45, 2.75) is 44.8 Å². The highest BCUT2D eigenvalue weighted by Crippen LogP contribution is 2.26. The maximum Gasteiger partial charge on any atom is 0.134 e. The summed E-state index contributed by atoms with van der Waals surface area (Å²) in [5.41, 5.74) is 2.30. The first kappa shape index (κ1) is 21.6. The Morgan fingerprint density at radius 3 is 2.44 bits per heavy atom. The molecule has 0 spiro atoms. The first-order chi connectivity index (χ1) is 15.7. The van der Waals surface area contributed by atoms with Crippen LogP contribution in [0.1, 0.15) is 37.0 Å². The van der Waals surface area contributed by atoms with Crippen molar-refractivity contribution in [3.63, 3.8) is 0 Å². The first-order valence-corrected chi connectivity index (χ1v) is 12.2. The summed E-state index contributed by atoms with van der Waals surface area (Å²) in [5, 5.41) is 1.19. The Morgan fingerprint density at radius 2 is 1.69 bits per heavy atom. The Kier molecular flexibility index (Phi) is 6.86. The lowest BCUT2D eigenvalue weighted by molar-refractivity contribution is 0.0719. The van der Waals surface area contributed by atoms with Crippen LogP contribution >= 0.6 is 0 Å². The maximum absolute atomic E-state index is 6.16. The predicted molar refractivity (Wildman–Crippen MR) is 129 cm³/mol. The zero-order chi connectivity index (χ0) is 21.8. The van der Waals surface area contributed by atoms with E-state index in [0.717, 1.165) is 42.9 Å². The van der Waals surface area contributed by atoms with Crippen LogP contribution in [0, 0.1) is 5.92 Å². The van der Waals surface area contributed by atoms with Crippen LogP contribution in [-0.2, 0) is 13.1 Å². The van der Waals surface area contributed by atoms with Crippen LogP contribution in [0.5, 0.6) is 0 Å². The lowest BCUT2D eigenvalue weighted by Crippen LogP contribution is -2.47. The molecule has 5 heteroatoms. The summed E-state index contributed by atoms with van der Waals surface area (Å²) in [6.45, 7) is 7.94. The zero-order valence-corrected chi connectivity index (χ0v) is 19.3. The molecule has 0 bridgehead atoms. The molecule has 2 aromatic heterocycles. The average Bonchev–Trinajstić information content (AvgIpc) is 3.23. The van der Waals surface area contributed by atoms with Gasteiger partial charge in [-0.1, -0.05) is 18.2 Å². The minimum atomic E-state index is 0.753. The summed E-state index contributed by atoms with van der Waals surface area (Å²) in [7, 11) is 2.25. The number of hydrogen-bond donors (Lipinski definition) is 0. The third-order valence-electron chi connectivity index (χ3n) is 7.38. The highest BCUT2D eigenvalue weighted by Gasteiger charge is 2.28. The molecule has 2 aliphatic rings. The Morgan fingerprint density at radius 1 is 0.938 bits per heavy atom. The van der Waals surface area contributed by atoms with Gasteiger partial charge >= 0.3 is 0 Å². The van der Waals surface area contributed by atoms with E-state index in [-0.39, 0.29) is 0 Å². The van der Waals surface area contributed by atoms with Crippen molar-refractivity contribution in [3.8, 4) is 0 Å². The van der Waals surface area contributed by atoms with Gasteiger partial charge in [0.1, 0.15) is 11.3 Å². The number of rotatable bonds is 7. The van der Waals surface area contributed by atoms with Crippen molar-refractivity contribution in [1.82, 2.24) is 19.7 Å². The van der Waals surface area contributed by atoms with E-state index in [2.05, 4.69) is 63.1 Å². The lowest BCUT2D eigenvalue weighted by atomic mass is 9.93. The van der Waals surface area contributed by atoms with Gasteiger partial charge in [0.05, 0.1) is 6.54 Å². The summed E-state index contributed by atoms with van der Waals surface area (Å²) in [4.78, 5) is 12.0. The number of fused-ring (bicyclic) bond motifs is 1. The van der Waals surface area contributed by atoms with Crippen molar-refractivity contribution in [2.75, 3.05) is 39.8 Å². The molecule has 170 valence electrons. The van der Waals surface area contributed by atoms with Crippen molar-refractivity contribution >= 4 is 11.0 Å². The summed E-state index contributed by atoms with van der Waals surface area (Å²) in [6.07, 6.45) is 9.07. The van der Waals surface area contributed by atoms with Crippen LogP contribution in [0.2, 0.25) is 0 Å². The molecule has 2 fully saturated rings. The van der Waals surface area contributed by atoms with E-state index in [9.17, 15) is 0 Å². The summed E-state index contributed by atoms with van der Waals surface area (Å²) in [5.74, 6) is 1.81. The molecule has 3 aromatic rings. The number of aromatic nitrogens is 1. The van der Waals surface area contributed by atoms with Gasteiger partial charge in [0.15, 0.2) is 0 Å². The second-order valence-electron chi connectivity index (χ2n) is 9.79. The fourth-order valence-corrected chi connectivity index (χ4v) is 5.49. The second kappa shape index (κ2) is 10.2. The number of furan rings is 1. The van der Waals surface area contributed by atoms with Crippen molar-refractivity contribution < 1.29 is 4.42 Å². The van der Waals surface area contributed by atoms with Gasteiger partial charge in [-0.3, -0.25) is 9.88 Å². The van der Waals surface area contributed by atoms with Gasteiger partial charge in [0.2, 0.25) is 0 Å². The fraction of sp³-hybridized carbons (Fsp3) is 0.519. The maximum atomic E-state index is 6.16. The van der Waals surface area contributed by atoms with Gasteiger partial charge in [-0.25, -0.2) is 0 Å². The highest BCUT2D eigenvalue weighted by molar-refractivity contribution is 5.77. The molecule has 0 saturated carbocycles. The average molecular weight is 433 g/mol. The Labute approximate surface area is 192 Å². The van der Waals surface area contributed by atoms with Gasteiger partial charge in [0, 0.05) is 36.9 Å². The summed E-state index contributed by atoms with van der Waals surface area (Å²) in [6, 6.07) is 15.6. The topological polar surface area (TPSA) is 35.8 Å². The number of para-hydroxylation sites is 1. The number of benzene rings is 1. The monoisotopic (exact) mass is 432 g/mol. The molecule has 2 saturated heterocycles. The van der Waals surface area contributed by atoms with Crippen LogP contribution in [0.15, 0.2) is 59.3 Å². The first-order valence-electron chi connectivity index (χ1n) is 12.2. The lowest BCUT2D eigenvalue weighted by Gasteiger charge is -2.41. The van der Waals surface area contributed by atoms with Gasteiger partial charge in [-0.2, -0.15) is 0 Å². The molecular weight excluding hydrogens is 396 g/mol. The van der Waals surface area contributed by atoms with Gasteiger partial charge in [-0.15, -0.1) is 0 Å². The summed E-state index contributed by atoms with van der Waals surface area (Å²) < 4.78 is 6.16. The normalized spacial score (nSPS) is 19.8. The third-order valence-corrected chi connectivity index (χ3v) is 7.38. The fourth-order valence-electron chi connectivity index (χ4n) is 5.49. The van der Waals surface area contributed by atoms with Crippen LogP contribution in [-0.4, -0.2) is 65.5 Å². The standard InChI is InChI=1S/C27H36N4O/c1-29-14-10-25(11-15-29)31-16-8-23(9-17-31)20-30(19-22-6-12-28-13-7-22)21-26-18-24-4-2-3-5-27(24)32-26/h2-7,12-13,18,23,25H,8-11,14-17,19-21H2,1H3. The SMILES string of the molecule is CN1CCC(N2CCC(CN(Cc3ccncc3)Cc3cc4ccccc4o3)CC2)CC1. The minimum Gasteiger partial charge on any atom is -0.460 e. The number of nitrogens with zero attached hydrogens (tertiary/aromatic N) is 4. The van der Waals surface area contributed by atoms with Crippen molar-refractivity contribution in [3.05, 3.63) is 66.2 Å². The van der Waals surface area contributed by atoms with E-state index in [1.807, 2.05) is 18.5 Å². The molecule has 1 aromatic carbocycles. The van der Waals surface area contributed by atoms with Gasteiger partial charge in [-0.05, 0) is 94.7 Å².